The van der Waals surface area contributed by atoms with E-state index in [2.05, 4.69) is 0 Å². The highest BCUT2D eigenvalue weighted by atomic mass is 32.1. The van der Waals surface area contributed by atoms with Crippen LogP contribution in [0.1, 0.15) is 33.6 Å². The van der Waals surface area contributed by atoms with E-state index in [1.807, 2.05) is 6.07 Å². The lowest BCUT2D eigenvalue weighted by atomic mass is 10.0. The summed E-state index contributed by atoms with van der Waals surface area (Å²) in [5.74, 6) is -2.65. The van der Waals surface area contributed by atoms with Crippen LogP contribution in [-0.4, -0.2) is 39.6 Å². The van der Waals surface area contributed by atoms with Gasteiger partial charge in [-0.05, 0) is 60.4 Å². The highest BCUT2D eigenvalue weighted by Crippen LogP contribution is 2.38. The lowest BCUT2D eigenvalue weighted by molar-refractivity contribution is -0.141. The number of likely N-dealkylation sites (tertiary alicyclic amines) is 1. The van der Waals surface area contributed by atoms with Crippen LogP contribution in [0, 0.1) is 11.6 Å². The number of ether oxygens (including phenoxy) is 1. The molecule has 1 aliphatic rings. The maximum Gasteiger partial charge on any atom is 0.326 e. The molecule has 6 nitrogen and oxygen atoms in total. The average Bonchev–Trinajstić information content (AvgIpc) is 3.58. The molecule has 0 saturated carbocycles. The number of carboxylic acid groups (broad SMARTS) is 1. The van der Waals surface area contributed by atoms with Crippen molar-refractivity contribution in [2.45, 2.75) is 32.1 Å². The molecular formula is C28H23F2NO5S. The van der Waals surface area contributed by atoms with Crippen LogP contribution >= 0.6 is 11.3 Å². The molecule has 0 spiro atoms. The molecule has 1 fully saturated rings. The standard InChI is InChI=1S/C28H23F2NO5S/c29-23-13-21(26-22(25(23)30)12-20(14-32)37-26)17-6-8-19(9-7-17)36-15-16-3-1-4-18(11-16)27(33)31-10-2-5-24(31)28(34)35/h1,3-4,6-9,11-13,24,32H,2,5,10,14-15H2,(H,34,35)/t24-/m0/s1. The van der Waals surface area contributed by atoms with Gasteiger partial charge in [0.15, 0.2) is 11.6 Å². The predicted octanol–water partition coefficient (Wildman–Crippen LogP) is 5.61. The van der Waals surface area contributed by atoms with E-state index in [1.165, 1.54) is 22.3 Å². The van der Waals surface area contributed by atoms with Crippen molar-refractivity contribution in [3.63, 3.8) is 0 Å². The molecule has 1 atom stereocenters. The first-order valence-electron chi connectivity index (χ1n) is 11.7. The lowest BCUT2D eigenvalue weighted by Gasteiger charge is -2.21. The van der Waals surface area contributed by atoms with E-state index in [0.29, 0.717) is 51.4 Å². The number of carbonyl (C=O) groups excluding carboxylic acids is 1. The van der Waals surface area contributed by atoms with Gasteiger partial charge in [0, 0.05) is 32.6 Å². The zero-order valence-electron chi connectivity index (χ0n) is 19.6. The zero-order valence-corrected chi connectivity index (χ0v) is 20.4. The summed E-state index contributed by atoms with van der Waals surface area (Å²) >= 11 is 1.22. The van der Waals surface area contributed by atoms with Gasteiger partial charge in [-0.3, -0.25) is 4.79 Å². The van der Waals surface area contributed by atoms with Gasteiger partial charge >= 0.3 is 5.97 Å². The third-order valence-electron chi connectivity index (χ3n) is 6.44. The highest BCUT2D eigenvalue weighted by molar-refractivity contribution is 7.19. The monoisotopic (exact) mass is 523 g/mol. The molecule has 2 N–H and O–H groups in total. The number of aliphatic hydroxyl groups excluding tert-OH is 1. The molecule has 2 heterocycles. The highest BCUT2D eigenvalue weighted by Gasteiger charge is 2.34. The number of halogens is 2. The van der Waals surface area contributed by atoms with Gasteiger partial charge in [0.1, 0.15) is 18.4 Å². The van der Waals surface area contributed by atoms with E-state index in [1.54, 1.807) is 42.5 Å². The molecule has 0 aliphatic carbocycles. The molecule has 5 rings (SSSR count). The van der Waals surface area contributed by atoms with Crippen molar-refractivity contribution >= 4 is 33.3 Å². The van der Waals surface area contributed by atoms with Crippen molar-refractivity contribution in [2.24, 2.45) is 0 Å². The fraction of sp³-hybridized carbons (Fsp3) is 0.214. The third kappa shape index (κ3) is 4.92. The number of aliphatic hydroxyl groups is 1. The summed E-state index contributed by atoms with van der Waals surface area (Å²) < 4.78 is 34.9. The Morgan fingerprint density at radius 3 is 2.59 bits per heavy atom. The molecule has 1 aromatic heterocycles. The van der Waals surface area contributed by atoms with Gasteiger partial charge < -0.3 is 19.8 Å². The lowest BCUT2D eigenvalue weighted by Crippen LogP contribution is -2.40. The van der Waals surface area contributed by atoms with Crippen LogP contribution in [0.2, 0.25) is 0 Å². The van der Waals surface area contributed by atoms with Crippen molar-refractivity contribution in [1.29, 1.82) is 0 Å². The van der Waals surface area contributed by atoms with Gasteiger partial charge in [-0.25, -0.2) is 13.6 Å². The van der Waals surface area contributed by atoms with Crippen molar-refractivity contribution in [3.05, 3.63) is 88.3 Å². The number of thiophene rings is 1. The minimum atomic E-state index is -0.995. The van der Waals surface area contributed by atoms with E-state index in [4.69, 9.17) is 4.74 Å². The summed E-state index contributed by atoms with van der Waals surface area (Å²) in [5.41, 5.74) is 2.36. The average molecular weight is 524 g/mol. The van der Waals surface area contributed by atoms with Crippen LogP contribution in [-0.2, 0) is 18.0 Å². The van der Waals surface area contributed by atoms with Gasteiger partial charge in [0.05, 0.1) is 6.61 Å². The normalized spacial score (nSPS) is 15.3. The summed E-state index contributed by atoms with van der Waals surface area (Å²) in [6, 6.07) is 15.7. The van der Waals surface area contributed by atoms with Crippen molar-refractivity contribution in [1.82, 2.24) is 4.90 Å². The molecule has 3 aromatic carbocycles. The largest absolute Gasteiger partial charge is 0.489 e. The van der Waals surface area contributed by atoms with Crippen LogP contribution in [0.15, 0.2) is 60.7 Å². The molecule has 0 unspecified atom stereocenters. The van der Waals surface area contributed by atoms with Crippen LogP contribution in [0.25, 0.3) is 21.2 Å². The number of hydrogen-bond donors (Lipinski definition) is 2. The Labute approximate surface area is 215 Å². The van der Waals surface area contributed by atoms with Gasteiger partial charge in [-0.15, -0.1) is 11.3 Å². The van der Waals surface area contributed by atoms with Crippen LogP contribution < -0.4 is 4.74 Å². The molecule has 1 amide bonds. The maximum atomic E-state index is 14.3. The van der Waals surface area contributed by atoms with Crippen LogP contribution in [0.5, 0.6) is 5.75 Å². The second-order valence-electron chi connectivity index (χ2n) is 8.84. The SMILES string of the molecule is O=C(O)[C@@H]1CCCN1C(=O)c1cccc(COc2ccc(-c3cc(F)c(F)c4cc(CO)sc34)cc2)c1. The smallest absolute Gasteiger partial charge is 0.326 e. The van der Waals surface area contributed by atoms with Gasteiger partial charge in [0.2, 0.25) is 0 Å². The fourth-order valence-electron chi connectivity index (χ4n) is 4.61. The molecule has 4 aromatic rings. The number of hydrogen-bond acceptors (Lipinski definition) is 5. The Kier molecular flexibility index (Phi) is 6.90. The van der Waals surface area contributed by atoms with Gasteiger partial charge in [0.25, 0.3) is 5.91 Å². The van der Waals surface area contributed by atoms with Crippen molar-refractivity contribution in [3.8, 4) is 16.9 Å². The van der Waals surface area contributed by atoms with Crippen molar-refractivity contribution in [2.75, 3.05) is 6.54 Å². The Morgan fingerprint density at radius 2 is 1.86 bits per heavy atom. The van der Waals surface area contributed by atoms with E-state index in [0.717, 1.165) is 11.6 Å². The first-order chi connectivity index (χ1) is 17.9. The van der Waals surface area contributed by atoms with Crippen LogP contribution in [0.3, 0.4) is 0 Å². The number of benzene rings is 3. The van der Waals surface area contributed by atoms with E-state index >= 15 is 0 Å². The second-order valence-corrected chi connectivity index (χ2v) is 9.98. The Bertz CT molecular complexity index is 1480. The Morgan fingerprint density at radius 1 is 1.08 bits per heavy atom. The molecule has 0 bridgehead atoms. The second kappa shape index (κ2) is 10.3. The molecule has 1 aliphatic heterocycles. The molecule has 9 heteroatoms. The molecule has 190 valence electrons. The van der Waals surface area contributed by atoms with Crippen LogP contribution in [0.4, 0.5) is 8.78 Å². The number of amides is 1. The summed E-state index contributed by atoms with van der Waals surface area (Å²) in [5, 5.41) is 18.9. The topological polar surface area (TPSA) is 87.1 Å². The Balaban J connectivity index is 1.31. The maximum absolute atomic E-state index is 14.3. The first-order valence-corrected chi connectivity index (χ1v) is 12.5. The first kappa shape index (κ1) is 24.9. The fourth-order valence-corrected chi connectivity index (χ4v) is 5.65. The van der Waals surface area contributed by atoms with E-state index in [-0.39, 0.29) is 24.5 Å². The number of aliphatic carboxylic acids is 1. The van der Waals surface area contributed by atoms with Crippen molar-refractivity contribution < 1.29 is 33.3 Å². The Hall–Kier alpha value is -3.82. The minimum Gasteiger partial charge on any atom is -0.489 e. The minimum absolute atomic E-state index is 0.141. The number of carboxylic acids is 1. The van der Waals surface area contributed by atoms with E-state index in [9.17, 15) is 28.6 Å². The summed E-state index contributed by atoms with van der Waals surface area (Å²) in [6.45, 7) is 0.348. The van der Waals surface area contributed by atoms with E-state index < -0.39 is 23.6 Å². The number of carbonyl (C=O) groups is 2. The zero-order chi connectivity index (χ0) is 26.1. The molecule has 1 saturated heterocycles. The van der Waals surface area contributed by atoms with Gasteiger partial charge in [-0.2, -0.15) is 0 Å². The summed E-state index contributed by atoms with van der Waals surface area (Å²) in [7, 11) is 0. The van der Waals surface area contributed by atoms with Gasteiger partial charge in [-0.1, -0.05) is 24.3 Å². The summed E-state index contributed by atoms with van der Waals surface area (Å²) in [6.07, 6.45) is 1.11. The third-order valence-corrected chi connectivity index (χ3v) is 7.60. The summed E-state index contributed by atoms with van der Waals surface area (Å²) in [4.78, 5) is 26.3. The molecule has 0 radical (unpaired) electrons. The number of fused-ring (bicyclic) bond motifs is 1. The number of nitrogens with zero attached hydrogens (tertiary/aromatic N) is 1. The quantitative estimate of drug-likeness (QED) is 0.329. The predicted molar refractivity (Wildman–Crippen MR) is 136 cm³/mol. The number of rotatable bonds is 7. The molecular weight excluding hydrogens is 500 g/mol. The molecule has 37 heavy (non-hydrogen) atoms.